The van der Waals surface area contributed by atoms with Crippen LogP contribution in [0.4, 0.5) is 0 Å². The van der Waals surface area contributed by atoms with E-state index >= 15 is 0 Å². The van der Waals surface area contributed by atoms with Gasteiger partial charge in [0.25, 0.3) is 16.9 Å². The van der Waals surface area contributed by atoms with Gasteiger partial charge < -0.3 is 14.5 Å². The maximum absolute atomic E-state index is 12.3. The monoisotopic (exact) mass is 365 g/mol. The molecule has 0 N–H and O–H groups in total. The highest BCUT2D eigenvalue weighted by molar-refractivity contribution is 6.21. The highest BCUT2D eigenvalue weighted by atomic mass is 16.9. The van der Waals surface area contributed by atoms with Crippen molar-refractivity contribution < 1.29 is 29.0 Å². The van der Waals surface area contributed by atoms with Crippen molar-refractivity contribution in [3.63, 3.8) is 0 Å². The first-order valence-electron chi connectivity index (χ1n) is 8.01. The predicted octanol–water partition coefficient (Wildman–Crippen LogP) is 0.738. The largest absolute Gasteiger partial charge is 0.492 e. The Morgan fingerprint density at radius 3 is 2.54 bits per heavy atom. The molecule has 0 saturated heterocycles. The van der Waals surface area contributed by atoms with E-state index in [-0.39, 0.29) is 36.8 Å². The molecule has 1 aliphatic rings. The molecule has 0 aromatic heterocycles. The molecule has 1 aromatic carbocycles. The van der Waals surface area contributed by atoms with E-state index < -0.39 is 16.9 Å². The Hall–Kier alpha value is -3.17. The molecule has 0 aliphatic carbocycles. The summed E-state index contributed by atoms with van der Waals surface area (Å²) in [5, 5.41) is 9.18. The lowest BCUT2D eigenvalue weighted by atomic mass is 10.1. The van der Waals surface area contributed by atoms with Gasteiger partial charge in [0, 0.05) is 13.5 Å². The Morgan fingerprint density at radius 1 is 1.23 bits per heavy atom. The van der Waals surface area contributed by atoms with E-state index in [0.29, 0.717) is 18.8 Å². The van der Waals surface area contributed by atoms with Crippen LogP contribution in [-0.4, -0.2) is 65.5 Å². The number of likely N-dealkylation sites (N-methyl/N-ethyl adjacent to an activating group) is 1. The molecule has 0 unspecified atom stereocenters. The number of rotatable bonds is 9. The maximum atomic E-state index is 12.3. The predicted molar refractivity (Wildman–Crippen MR) is 88.2 cm³/mol. The third kappa shape index (κ3) is 4.26. The molecule has 1 heterocycles. The molecule has 0 saturated carbocycles. The molecular weight excluding hydrogens is 346 g/mol. The average Bonchev–Trinajstić information content (AvgIpc) is 2.82. The van der Waals surface area contributed by atoms with Crippen LogP contribution in [0.2, 0.25) is 0 Å². The number of benzene rings is 1. The van der Waals surface area contributed by atoms with Crippen LogP contribution >= 0.6 is 0 Å². The quantitative estimate of drug-likeness (QED) is 0.359. The van der Waals surface area contributed by atoms with Crippen molar-refractivity contribution in [1.82, 2.24) is 9.80 Å². The minimum atomic E-state index is -0.981. The Kier molecular flexibility index (Phi) is 6.10. The second-order valence-corrected chi connectivity index (χ2v) is 5.47. The van der Waals surface area contributed by atoms with Gasteiger partial charge in [0.1, 0.15) is 19.0 Å². The summed E-state index contributed by atoms with van der Waals surface area (Å²) >= 11 is 0. The summed E-state index contributed by atoms with van der Waals surface area (Å²) in [5.41, 5.74) is 0.384. The van der Waals surface area contributed by atoms with Gasteiger partial charge in [0.15, 0.2) is 0 Å². The molecule has 1 aliphatic heterocycles. The van der Waals surface area contributed by atoms with Gasteiger partial charge in [-0.15, -0.1) is 10.1 Å². The smallest absolute Gasteiger partial charge is 0.294 e. The number of fused-ring (bicyclic) bond motifs is 1. The lowest BCUT2D eigenvalue weighted by molar-refractivity contribution is -0.757. The molecule has 26 heavy (non-hydrogen) atoms. The van der Waals surface area contributed by atoms with Crippen molar-refractivity contribution in [3.05, 3.63) is 39.4 Å². The first kappa shape index (κ1) is 19.2. The van der Waals surface area contributed by atoms with Gasteiger partial charge in [-0.05, 0) is 25.1 Å². The van der Waals surface area contributed by atoms with Crippen LogP contribution in [0.1, 0.15) is 34.6 Å². The zero-order valence-corrected chi connectivity index (χ0v) is 14.5. The standard InChI is InChI=1S/C16H19N3O7/c1-3-17(11(2)20)6-8-25-12-4-5-13-14(10-12)16(22)18(15(13)21)7-9-26-19(23)24/h4-5,10H,3,6-9H2,1-2H3. The molecule has 10 heteroatoms. The summed E-state index contributed by atoms with van der Waals surface area (Å²) in [5.74, 6) is -0.745. The van der Waals surface area contributed by atoms with E-state index in [1.54, 1.807) is 11.0 Å². The van der Waals surface area contributed by atoms with Crippen LogP contribution in [0.25, 0.3) is 0 Å². The average molecular weight is 365 g/mol. The lowest BCUT2D eigenvalue weighted by Gasteiger charge is -2.18. The topological polar surface area (TPSA) is 119 Å². The van der Waals surface area contributed by atoms with E-state index in [1.807, 2.05) is 6.92 Å². The van der Waals surface area contributed by atoms with E-state index in [1.165, 1.54) is 19.1 Å². The van der Waals surface area contributed by atoms with Crippen LogP contribution < -0.4 is 4.74 Å². The number of imide groups is 1. The molecule has 140 valence electrons. The summed E-state index contributed by atoms with van der Waals surface area (Å²) in [6, 6.07) is 4.49. The Balaban J connectivity index is 2.00. The number of nitrogens with zero attached hydrogens (tertiary/aromatic N) is 3. The summed E-state index contributed by atoms with van der Waals surface area (Å²) in [7, 11) is 0. The van der Waals surface area contributed by atoms with Crippen molar-refractivity contribution in [2.24, 2.45) is 0 Å². The number of hydrogen-bond acceptors (Lipinski definition) is 7. The second-order valence-electron chi connectivity index (χ2n) is 5.47. The zero-order valence-electron chi connectivity index (χ0n) is 14.5. The van der Waals surface area contributed by atoms with Crippen LogP contribution in [0.3, 0.4) is 0 Å². The van der Waals surface area contributed by atoms with Gasteiger partial charge >= 0.3 is 0 Å². The molecule has 0 spiro atoms. The van der Waals surface area contributed by atoms with Gasteiger partial charge in [-0.25, -0.2) is 0 Å². The zero-order chi connectivity index (χ0) is 19.3. The van der Waals surface area contributed by atoms with Crippen molar-refractivity contribution in [1.29, 1.82) is 0 Å². The third-order valence-electron chi connectivity index (χ3n) is 3.91. The minimum Gasteiger partial charge on any atom is -0.492 e. The molecule has 3 amide bonds. The van der Waals surface area contributed by atoms with Gasteiger partial charge in [-0.3, -0.25) is 19.3 Å². The molecule has 1 aromatic rings. The van der Waals surface area contributed by atoms with E-state index in [4.69, 9.17) is 4.74 Å². The van der Waals surface area contributed by atoms with Crippen molar-refractivity contribution in [3.8, 4) is 5.75 Å². The first-order chi connectivity index (χ1) is 12.3. The molecule has 0 atom stereocenters. The lowest BCUT2D eigenvalue weighted by Crippen LogP contribution is -2.33. The van der Waals surface area contributed by atoms with Crippen molar-refractivity contribution >= 4 is 17.7 Å². The highest BCUT2D eigenvalue weighted by Crippen LogP contribution is 2.26. The van der Waals surface area contributed by atoms with E-state index in [0.717, 1.165) is 4.90 Å². The number of hydrogen-bond donors (Lipinski definition) is 0. The fraction of sp³-hybridized carbons (Fsp3) is 0.438. The summed E-state index contributed by atoms with van der Waals surface area (Å²) in [6.07, 6.45) is 0. The van der Waals surface area contributed by atoms with Crippen LogP contribution in [0, 0.1) is 10.1 Å². The summed E-state index contributed by atoms with van der Waals surface area (Å²) in [6.45, 7) is 3.94. The molecule has 0 fully saturated rings. The number of carbonyl (C=O) groups is 3. The normalized spacial score (nSPS) is 12.8. The molecule has 10 nitrogen and oxygen atoms in total. The third-order valence-corrected chi connectivity index (χ3v) is 3.91. The fourth-order valence-corrected chi connectivity index (χ4v) is 2.58. The number of ether oxygens (including phenoxy) is 1. The Labute approximate surface area is 149 Å². The van der Waals surface area contributed by atoms with E-state index in [2.05, 4.69) is 4.84 Å². The molecule has 2 rings (SSSR count). The highest BCUT2D eigenvalue weighted by Gasteiger charge is 2.35. The molecular formula is C16H19N3O7. The van der Waals surface area contributed by atoms with Crippen molar-refractivity contribution in [2.45, 2.75) is 13.8 Å². The first-order valence-corrected chi connectivity index (χ1v) is 8.01. The van der Waals surface area contributed by atoms with Gasteiger partial charge in [-0.2, -0.15) is 0 Å². The molecule has 0 bridgehead atoms. The Bertz CT molecular complexity index is 735. The van der Waals surface area contributed by atoms with E-state index in [9.17, 15) is 24.5 Å². The number of carbonyl (C=O) groups excluding carboxylic acids is 3. The van der Waals surface area contributed by atoms with Gasteiger partial charge in [0.05, 0.1) is 24.2 Å². The van der Waals surface area contributed by atoms with Crippen LogP contribution in [-0.2, 0) is 9.63 Å². The second kappa shape index (κ2) is 8.28. The molecule has 0 radical (unpaired) electrons. The van der Waals surface area contributed by atoms with Crippen LogP contribution in [0.5, 0.6) is 5.75 Å². The summed E-state index contributed by atoms with van der Waals surface area (Å²) < 4.78 is 5.56. The Morgan fingerprint density at radius 2 is 1.92 bits per heavy atom. The maximum Gasteiger partial charge on any atom is 0.294 e. The van der Waals surface area contributed by atoms with Crippen LogP contribution in [0.15, 0.2) is 18.2 Å². The van der Waals surface area contributed by atoms with Gasteiger partial charge in [-0.1, -0.05) is 0 Å². The summed E-state index contributed by atoms with van der Waals surface area (Å²) in [4.78, 5) is 52.7. The fourth-order valence-electron chi connectivity index (χ4n) is 2.58. The number of amides is 3. The van der Waals surface area contributed by atoms with Gasteiger partial charge in [0.2, 0.25) is 5.91 Å². The SMILES string of the molecule is CCN(CCOc1ccc2c(c1)C(=O)N(CCO[N+](=O)[O-])C2=O)C(C)=O. The van der Waals surface area contributed by atoms with Crippen molar-refractivity contribution in [2.75, 3.05) is 32.8 Å². The minimum absolute atomic E-state index is 0.0570.